The van der Waals surface area contributed by atoms with Crippen LogP contribution in [0.4, 0.5) is 5.69 Å². The minimum Gasteiger partial charge on any atom is -0.486 e. The molecule has 0 bridgehead atoms. The van der Waals surface area contributed by atoms with E-state index in [1.807, 2.05) is 25.1 Å². The molecular weight excluding hydrogens is 346 g/mol. The number of hydrogen-bond donors (Lipinski definition) is 3. The predicted molar refractivity (Wildman–Crippen MR) is 102 cm³/mol. The molecular formula is C20H23N3O4. The summed E-state index contributed by atoms with van der Waals surface area (Å²) in [5.41, 5.74) is 7.21. The van der Waals surface area contributed by atoms with E-state index in [0.717, 1.165) is 17.1 Å². The van der Waals surface area contributed by atoms with Gasteiger partial charge >= 0.3 is 0 Å². The van der Waals surface area contributed by atoms with Gasteiger partial charge in [-0.25, -0.2) is 0 Å². The lowest BCUT2D eigenvalue weighted by molar-refractivity contribution is -0.117. The number of nitrogens with one attached hydrogen (secondary N) is 2. The maximum Gasteiger partial charge on any atom is 0.248 e. The summed E-state index contributed by atoms with van der Waals surface area (Å²) in [6, 6.07) is 11.7. The van der Waals surface area contributed by atoms with Crippen molar-refractivity contribution in [3.8, 4) is 11.5 Å². The van der Waals surface area contributed by atoms with E-state index in [1.165, 1.54) is 0 Å². The number of anilines is 1. The Labute approximate surface area is 157 Å². The molecule has 0 unspecified atom stereocenters. The van der Waals surface area contributed by atoms with E-state index in [1.54, 1.807) is 31.2 Å². The molecule has 0 saturated heterocycles. The second-order valence-electron chi connectivity index (χ2n) is 6.44. The number of primary amides is 1. The molecule has 0 fully saturated rings. The maximum absolute atomic E-state index is 12.4. The lowest BCUT2D eigenvalue weighted by atomic mass is 10.1. The summed E-state index contributed by atoms with van der Waals surface area (Å²) in [6.07, 6.45) is 0. The van der Waals surface area contributed by atoms with E-state index in [0.29, 0.717) is 24.5 Å². The molecule has 0 aromatic heterocycles. The third kappa shape index (κ3) is 4.57. The molecule has 142 valence electrons. The molecule has 1 aliphatic rings. The van der Waals surface area contributed by atoms with Crippen LogP contribution in [0.1, 0.15) is 35.8 Å². The van der Waals surface area contributed by atoms with Crippen LogP contribution in [0, 0.1) is 0 Å². The number of amides is 2. The summed E-state index contributed by atoms with van der Waals surface area (Å²) in [5, 5.41) is 6.09. The molecule has 7 heteroatoms. The van der Waals surface area contributed by atoms with E-state index < -0.39 is 11.9 Å². The van der Waals surface area contributed by atoms with Crippen LogP contribution in [-0.2, 0) is 4.79 Å². The molecule has 3 rings (SSSR count). The van der Waals surface area contributed by atoms with Crippen LogP contribution in [0.5, 0.6) is 11.5 Å². The number of fused-ring (bicyclic) bond motifs is 1. The molecule has 0 aliphatic carbocycles. The molecule has 2 aromatic rings. The standard InChI is InChI=1S/C20H23N3O4/c1-12(15-5-8-17-18(11-15)27-10-9-26-17)22-13(2)20(25)23-16-6-3-14(4-7-16)19(21)24/h3-8,11-13,22H,9-10H2,1-2H3,(H2,21,24)(H,23,25)/t12-,13-/m1/s1. The maximum atomic E-state index is 12.4. The Hall–Kier alpha value is -3.06. The molecule has 1 aliphatic heterocycles. The van der Waals surface area contributed by atoms with Crippen LogP contribution in [0.2, 0.25) is 0 Å². The van der Waals surface area contributed by atoms with Gasteiger partial charge in [0, 0.05) is 17.3 Å². The summed E-state index contributed by atoms with van der Waals surface area (Å²) in [6.45, 7) is 4.86. The monoisotopic (exact) mass is 369 g/mol. The van der Waals surface area contributed by atoms with Gasteiger partial charge in [0.05, 0.1) is 6.04 Å². The van der Waals surface area contributed by atoms with Gasteiger partial charge in [0.1, 0.15) is 13.2 Å². The fourth-order valence-corrected chi connectivity index (χ4v) is 2.84. The number of benzene rings is 2. The van der Waals surface area contributed by atoms with Gasteiger partial charge < -0.3 is 20.5 Å². The molecule has 0 spiro atoms. The molecule has 4 N–H and O–H groups in total. The fourth-order valence-electron chi connectivity index (χ4n) is 2.84. The Morgan fingerprint density at radius 3 is 2.33 bits per heavy atom. The fraction of sp³-hybridized carbons (Fsp3) is 0.300. The lowest BCUT2D eigenvalue weighted by Crippen LogP contribution is -2.39. The van der Waals surface area contributed by atoms with Crippen molar-refractivity contribution >= 4 is 17.5 Å². The summed E-state index contributed by atoms with van der Waals surface area (Å²) in [7, 11) is 0. The van der Waals surface area contributed by atoms with Gasteiger partial charge in [0.15, 0.2) is 11.5 Å². The highest BCUT2D eigenvalue weighted by Crippen LogP contribution is 2.32. The van der Waals surface area contributed by atoms with Gasteiger partial charge in [-0.1, -0.05) is 6.07 Å². The average molecular weight is 369 g/mol. The van der Waals surface area contributed by atoms with Crippen molar-refractivity contribution < 1.29 is 19.1 Å². The summed E-state index contributed by atoms with van der Waals surface area (Å²) >= 11 is 0. The first kappa shape index (κ1) is 18.7. The Kier molecular flexibility index (Phi) is 5.61. The molecule has 0 radical (unpaired) electrons. The van der Waals surface area contributed by atoms with E-state index >= 15 is 0 Å². The molecule has 0 saturated carbocycles. The zero-order valence-electron chi connectivity index (χ0n) is 15.3. The van der Waals surface area contributed by atoms with Crippen molar-refractivity contribution in [2.45, 2.75) is 25.9 Å². The van der Waals surface area contributed by atoms with Crippen LogP contribution in [0.15, 0.2) is 42.5 Å². The van der Waals surface area contributed by atoms with Gasteiger partial charge in [0.25, 0.3) is 0 Å². The van der Waals surface area contributed by atoms with Crippen molar-refractivity contribution in [3.05, 3.63) is 53.6 Å². The average Bonchev–Trinajstić information content (AvgIpc) is 2.67. The number of ether oxygens (including phenoxy) is 2. The molecule has 2 aromatic carbocycles. The van der Waals surface area contributed by atoms with Gasteiger partial charge in [0.2, 0.25) is 11.8 Å². The minimum atomic E-state index is -0.504. The number of carbonyl (C=O) groups excluding carboxylic acids is 2. The Morgan fingerprint density at radius 1 is 1.00 bits per heavy atom. The Morgan fingerprint density at radius 2 is 1.67 bits per heavy atom. The predicted octanol–water partition coefficient (Wildman–Crippen LogP) is 2.23. The van der Waals surface area contributed by atoms with Crippen LogP contribution in [0.3, 0.4) is 0 Å². The first-order valence-corrected chi connectivity index (χ1v) is 8.80. The third-order valence-electron chi connectivity index (χ3n) is 4.40. The lowest BCUT2D eigenvalue weighted by Gasteiger charge is -2.23. The highest BCUT2D eigenvalue weighted by molar-refractivity contribution is 5.96. The van der Waals surface area contributed by atoms with Crippen molar-refractivity contribution in [2.75, 3.05) is 18.5 Å². The molecule has 2 amide bonds. The smallest absolute Gasteiger partial charge is 0.248 e. The van der Waals surface area contributed by atoms with Crippen molar-refractivity contribution in [2.24, 2.45) is 5.73 Å². The second kappa shape index (κ2) is 8.09. The molecule has 2 atom stereocenters. The normalized spacial score (nSPS) is 14.9. The molecule has 7 nitrogen and oxygen atoms in total. The van der Waals surface area contributed by atoms with Crippen molar-refractivity contribution in [1.82, 2.24) is 5.32 Å². The van der Waals surface area contributed by atoms with E-state index in [2.05, 4.69) is 10.6 Å². The minimum absolute atomic E-state index is 0.0567. The second-order valence-corrected chi connectivity index (χ2v) is 6.44. The highest BCUT2D eigenvalue weighted by atomic mass is 16.6. The first-order chi connectivity index (χ1) is 12.9. The first-order valence-electron chi connectivity index (χ1n) is 8.80. The van der Waals surface area contributed by atoms with E-state index in [4.69, 9.17) is 15.2 Å². The van der Waals surface area contributed by atoms with Crippen molar-refractivity contribution in [1.29, 1.82) is 0 Å². The summed E-state index contributed by atoms with van der Waals surface area (Å²) in [4.78, 5) is 23.5. The Bertz CT molecular complexity index is 836. The van der Waals surface area contributed by atoms with Gasteiger partial charge in [-0.05, 0) is 55.8 Å². The SMILES string of the molecule is C[C@@H](N[C@H](C)c1ccc2c(c1)OCCO2)C(=O)Nc1ccc(C(N)=O)cc1. The third-order valence-corrected chi connectivity index (χ3v) is 4.40. The zero-order valence-corrected chi connectivity index (χ0v) is 15.3. The number of carbonyl (C=O) groups is 2. The van der Waals surface area contributed by atoms with Gasteiger partial charge in [-0.3, -0.25) is 14.9 Å². The van der Waals surface area contributed by atoms with E-state index in [-0.39, 0.29) is 11.9 Å². The molecule has 1 heterocycles. The zero-order chi connectivity index (χ0) is 19.4. The number of nitrogens with two attached hydrogens (primary N) is 1. The van der Waals surface area contributed by atoms with Crippen LogP contribution in [-0.4, -0.2) is 31.1 Å². The number of hydrogen-bond acceptors (Lipinski definition) is 5. The van der Waals surface area contributed by atoms with Gasteiger partial charge in [-0.2, -0.15) is 0 Å². The van der Waals surface area contributed by atoms with Crippen LogP contribution < -0.4 is 25.8 Å². The topological polar surface area (TPSA) is 103 Å². The van der Waals surface area contributed by atoms with Crippen molar-refractivity contribution in [3.63, 3.8) is 0 Å². The summed E-state index contributed by atoms with van der Waals surface area (Å²) in [5.74, 6) is 0.781. The Balaban J connectivity index is 1.59. The quantitative estimate of drug-likeness (QED) is 0.725. The number of rotatable bonds is 6. The van der Waals surface area contributed by atoms with Gasteiger partial charge in [-0.15, -0.1) is 0 Å². The van der Waals surface area contributed by atoms with Crippen LogP contribution >= 0.6 is 0 Å². The summed E-state index contributed by atoms with van der Waals surface area (Å²) < 4.78 is 11.1. The molecule has 27 heavy (non-hydrogen) atoms. The largest absolute Gasteiger partial charge is 0.486 e. The van der Waals surface area contributed by atoms with E-state index in [9.17, 15) is 9.59 Å². The highest BCUT2D eigenvalue weighted by Gasteiger charge is 2.19. The van der Waals surface area contributed by atoms with Crippen LogP contribution in [0.25, 0.3) is 0 Å².